The topological polar surface area (TPSA) is 106 Å². The Kier molecular flexibility index (Phi) is 5.76. The van der Waals surface area contributed by atoms with Crippen molar-refractivity contribution in [2.75, 3.05) is 0 Å². The van der Waals surface area contributed by atoms with Gasteiger partial charge in [0.1, 0.15) is 16.3 Å². The molecule has 0 radical (unpaired) electrons. The first-order chi connectivity index (χ1) is 12.6. The number of nitro groups is 1. The van der Waals surface area contributed by atoms with Crippen molar-refractivity contribution >= 4 is 34.5 Å². The van der Waals surface area contributed by atoms with Crippen LogP contribution in [0.1, 0.15) is 33.3 Å². The predicted molar refractivity (Wildman–Crippen MR) is 104 cm³/mol. The lowest BCUT2D eigenvalue weighted by molar-refractivity contribution is -0.384. The predicted octanol–water partition coefficient (Wildman–Crippen LogP) is 1.96. The summed E-state index contributed by atoms with van der Waals surface area (Å²) >= 11 is 1.07. The molecule has 0 fully saturated rings. The van der Waals surface area contributed by atoms with Crippen LogP contribution in [0.4, 0.5) is 5.69 Å². The number of rotatable bonds is 4. The van der Waals surface area contributed by atoms with Crippen molar-refractivity contribution in [1.29, 1.82) is 5.26 Å². The van der Waals surface area contributed by atoms with Crippen LogP contribution in [0.3, 0.4) is 0 Å². The monoisotopic (exact) mass is 385 g/mol. The maximum Gasteiger partial charge on any atom is 0.269 e. The van der Waals surface area contributed by atoms with Crippen molar-refractivity contribution in [2.45, 2.75) is 34.2 Å². The Bertz CT molecular complexity index is 1110. The van der Waals surface area contributed by atoms with Gasteiger partial charge in [0, 0.05) is 24.1 Å². The second-order valence-corrected chi connectivity index (χ2v) is 7.91. The smallest absolute Gasteiger partial charge is 0.269 e. The van der Waals surface area contributed by atoms with Gasteiger partial charge in [-0.05, 0) is 30.7 Å². The Labute approximate surface area is 159 Å². The van der Waals surface area contributed by atoms with Crippen LogP contribution in [0, 0.1) is 26.9 Å². The van der Waals surface area contributed by atoms with Crippen molar-refractivity contribution in [1.82, 2.24) is 4.57 Å². The quantitative estimate of drug-likeness (QED) is 0.591. The number of ketones is 1. The standard InChI is InChI=1S/C19H19N3O4S/c1-5-21-17(24)15(10-12-6-8-13(9-7-12)22(25)26)27-18(21)14(11-20)16(23)19(2,3)4/h6-10H,5H2,1-4H3/b15-10-,18-14+. The molecule has 0 unspecified atom stereocenters. The number of non-ortho nitro benzene ring substituents is 1. The fourth-order valence-corrected chi connectivity index (χ4v) is 3.57. The number of carbonyl (C=O) groups excluding carboxylic acids is 1. The highest BCUT2D eigenvalue weighted by Gasteiger charge is 2.27. The first-order valence-corrected chi connectivity index (χ1v) is 9.06. The number of thiazole rings is 1. The van der Waals surface area contributed by atoms with E-state index < -0.39 is 10.3 Å². The molecule has 0 amide bonds. The molecule has 2 aromatic rings. The maximum absolute atomic E-state index is 12.7. The zero-order chi connectivity index (χ0) is 20.4. The molecular formula is C19H19N3O4S. The highest BCUT2D eigenvalue weighted by Crippen LogP contribution is 2.19. The van der Waals surface area contributed by atoms with E-state index in [4.69, 9.17) is 0 Å². The van der Waals surface area contributed by atoms with Crippen LogP contribution in [-0.2, 0) is 11.3 Å². The molecule has 7 nitrogen and oxygen atoms in total. The fraction of sp³-hybridized carbons (Fsp3) is 0.316. The summed E-state index contributed by atoms with van der Waals surface area (Å²) in [5.41, 5.74) is -0.498. The van der Waals surface area contributed by atoms with Gasteiger partial charge in [-0.3, -0.25) is 24.3 Å². The summed E-state index contributed by atoms with van der Waals surface area (Å²) in [6, 6.07) is 7.75. The second kappa shape index (κ2) is 7.68. The molecule has 140 valence electrons. The molecule has 0 atom stereocenters. The largest absolute Gasteiger partial charge is 0.298 e. The summed E-state index contributed by atoms with van der Waals surface area (Å²) in [6.07, 6.45) is 1.60. The van der Waals surface area contributed by atoms with E-state index in [1.807, 2.05) is 6.07 Å². The molecule has 0 spiro atoms. The number of hydrogen-bond donors (Lipinski definition) is 0. The molecule has 0 saturated carbocycles. The number of hydrogen-bond acceptors (Lipinski definition) is 6. The third-order valence-electron chi connectivity index (χ3n) is 3.86. The van der Waals surface area contributed by atoms with E-state index in [0.29, 0.717) is 21.3 Å². The maximum atomic E-state index is 12.7. The lowest BCUT2D eigenvalue weighted by Crippen LogP contribution is -2.33. The van der Waals surface area contributed by atoms with Crippen LogP contribution >= 0.6 is 11.3 Å². The third kappa shape index (κ3) is 4.20. The number of benzene rings is 1. The highest BCUT2D eigenvalue weighted by atomic mass is 32.1. The number of aromatic nitrogens is 1. The molecule has 0 aliphatic heterocycles. The Morgan fingerprint density at radius 2 is 1.93 bits per heavy atom. The molecule has 0 aliphatic rings. The first-order valence-electron chi connectivity index (χ1n) is 8.25. The SMILES string of the molecule is CCn1c(=O)/c(=C/c2ccc([N+](=O)[O-])cc2)s/c1=C(\C#N)C(=O)C(C)(C)C. The molecule has 0 bridgehead atoms. The molecule has 0 saturated heterocycles. The average Bonchev–Trinajstić information content (AvgIpc) is 2.90. The first kappa shape index (κ1) is 20.3. The van der Waals surface area contributed by atoms with Crippen molar-refractivity contribution in [3.63, 3.8) is 0 Å². The zero-order valence-corrected chi connectivity index (χ0v) is 16.3. The summed E-state index contributed by atoms with van der Waals surface area (Å²) < 4.78 is 2.10. The van der Waals surface area contributed by atoms with E-state index >= 15 is 0 Å². The van der Waals surface area contributed by atoms with Crippen LogP contribution in [-0.4, -0.2) is 15.3 Å². The van der Waals surface area contributed by atoms with Gasteiger partial charge in [-0.1, -0.05) is 20.8 Å². The molecule has 1 heterocycles. The van der Waals surface area contributed by atoms with Crippen LogP contribution in [0.5, 0.6) is 0 Å². The Balaban J connectivity index is 2.74. The van der Waals surface area contributed by atoms with Gasteiger partial charge in [-0.15, -0.1) is 11.3 Å². The molecule has 1 aromatic heterocycles. The second-order valence-electron chi connectivity index (χ2n) is 6.88. The fourth-order valence-electron chi connectivity index (χ4n) is 2.41. The number of nitrogens with zero attached hydrogens (tertiary/aromatic N) is 3. The summed E-state index contributed by atoms with van der Waals surface area (Å²) in [6.45, 7) is 7.25. The Morgan fingerprint density at radius 3 is 2.37 bits per heavy atom. The van der Waals surface area contributed by atoms with Crippen molar-refractivity contribution in [3.8, 4) is 6.07 Å². The van der Waals surface area contributed by atoms with E-state index in [-0.39, 0.29) is 22.6 Å². The van der Waals surface area contributed by atoms with Crippen molar-refractivity contribution in [3.05, 3.63) is 59.5 Å². The summed E-state index contributed by atoms with van der Waals surface area (Å²) in [5, 5.41) is 20.3. The average molecular weight is 385 g/mol. The van der Waals surface area contributed by atoms with Crippen molar-refractivity contribution in [2.24, 2.45) is 5.41 Å². The van der Waals surface area contributed by atoms with E-state index in [2.05, 4.69) is 0 Å². The van der Waals surface area contributed by atoms with Crippen molar-refractivity contribution < 1.29 is 9.72 Å². The minimum Gasteiger partial charge on any atom is -0.298 e. The van der Waals surface area contributed by atoms with Gasteiger partial charge in [-0.2, -0.15) is 5.26 Å². The minimum absolute atomic E-state index is 0.0326. The van der Waals surface area contributed by atoms with E-state index in [9.17, 15) is 25.0 Å². The Morgan fingerprint density at radius 1 is 1.33 bits per heavy atom. The number of Topliss-reactive ketones (excluding diaryl/α,β-unsaturated/α-hetero) is 1. The van der Waals surface area contributed by atoms with Gasteiger partial charge in [0.15, 0.2) is 5.78 Å². The van der Waals surface area contributed by atoms with Crippen LogP contribution in [0.25, 0.3) is 11.6 Å². The molecule has 0 aliphatic carbocycles. The Hall–Kier alpha value is -3.05. The highest BCUT2D eigenvalue weighted by molar-refractivity contribution is 7.07. The molecule has 0 N–H and O–H groups in total. The normalized spacial score (nSPS) is 13.2. The summed E-state index contributed by atoms with van der Waals surface area (Å²) in [7, 11) is 0. The molecular weight excluding hydrogens is 366 g/mol. The number of carbonyl (C=O) groups is 1. The lowest BCUT2D eigenvalue weighted by Gasteiger charge is -2.15. The van der Waals surface area contributed by atoms with Gasteiger partial charge in [0.05, 0.1) is 9.46 Å². The molecule has 27 heavy (non-hydrogen) atoms. The van der Waals surface area contributed by atoms with E-state index in [0.717, 1.165) is 11.3 Å². The minimum atomic E-state index is -0.744. The third-order valence-corrected chi connectivity index (χ3v) is 4.99. The van der Waals surface area contributed by atoms with Gasteiger partial charge < -0.3 is 0 Å². The van der Waals surface area contributed by atoms with Gasteiger partial charge in [0.2, 0.25) is 0 Å². The van der Waals surface area contributed by atoms with E-state index in [1.165, 1.54) is 16.7 Å². The number of nitro benzene ring substituents is 1. The van der Waals surface area contributed by atoms with Crippen LogP contribution in [0.15, 0.2) is 29.1 Å². The lowest BCUT2D eigenvalue weighted by atomic mass is 9.87. The van der Waals surface area contributed by atoms with Crippen LogP contribution in [0.2, 0.25) is 0 Å². The molecule has 8 heteroatoms. The van der Waals surface area contributed by atoms with E-state index in [1.54, 1.807) is 45.9 Å². The zero-order valence-electron chi connectivity index (χ0n) is 15.5. The summed E-state index contributed by atoms with van der Waals surface area (Å²) in [5.74, 6) is -0.324. The van der Waals surface area contributed by atoms with Crippen LogP contribution < -0.4 is 14.8 Å². The molecule has 2 rings (SSSR count). The number of nitriles is 1. The van der Waals surface area contributed by atoms with Gasteiger partial charge >= 0.3 is 0 Å². The van der Waals surface area contributed by atoms with Gasteiger partial charge in [-0.25, -0.2) is 0 Å². The molecule has 1 aromatic carbocycles. The van der Waals surface area contributed by atoms with Gasteiger partial charge in [0.25, 0.3) is 11.2 Å². The summed E-state index contributed by atoms with van der Waals surface area (Å²) in [4.78, 5) is 35.5.